The average molecular weight is 271 g/mol. The van der Waals surface area contributed by atoms with E-state index in [0.717, 1.165) is 9.90 Å². The van der Waals surface area contributed by atoms with Gasteiger partial charge < -0.3 is 16.4 Å². The summed E-state index contributed by atoms with van der Waals surface area (Å²) in [5.41, 5.74) is 6.54. The minimum atomic E-state index is -0.114. The molecule has 0 aromatic carbocycles. The molecule has 0 aliphatic rings. The number of thiophene rings is 1. The van der Waals surface area contributed by atoms with E-state index >= 15 is 0 Å². The van der Waals surface area contributed by atoms with Crippen molar-refractivity contribution < 1.29 is 4.79 Å². The molecule has 1 rings (SSSR count). The normalized spacial score (nSPS) is 10.0. The maximum absolute atomic E-state index is 11.8. The van der Waals surface area contributed by atoms with Gasteiger partial charge in [0.25, 0.3) is 5.91 Å². The molecule has 0 saturated heterocycles. The number of nitrogens with one attached hydrogen (secondary N) is 2. The van der Waals surface area contributed by atoms with E-state index < -0.39 is 0 Å². The number of hydrogen-bond donors (Lipinski definition) is 3. The summed E-state index contributed by atoms with van der Waals surface area (Å²) in [6.07, 6.45) is 3.71. The molecule has 0 saturated carbocycles. The second-order valence-corrected chi connectivity index (χ2v) is 5.07. The fourth-order valence-electron chi connectivity index (χ4n) is 1.32. The van der Waals surface area contributed by atoms with Gasteiger partial charge in [-0.05, 0) is 13.2 Å². The first-order valence-corrected chi connectivity index (χ1v) is 7.29. The molecule has 1 aromatic heterocycles. The standard InChI is InChI=1S/C11H17N3OS2/c1-4-6-14-11-9(16-3)7(12)8(17-11)10(15)13-5-2/h4,14H,1,5-6,12H2,2-3H3,(H,13,15). The summed E-state index contributed by atoms with van der Waals surface area (Å²) in [7, 11) is 0. The highest BCUT2D eigenvalue weighted by Gasteiger charge is 2.19. The first kappa shape index (κ1) is 13.9. The van der Waals surface area contributed by atoms with Crippen LogP contribution in [-0.4, -0.2) is 25.3 Å². The Morgan fingerprint density at radius 2 is 2.35 bits per heavy atom. The first-order valence-electron chi connectivity index (χ1n) is 5.24. The van der Waals surface area contributed by atoms with E-state index in [-0.39, 0.29) is 5.91 Å². The zero-order chi connectivity index (χ0) is 12.8. The van der Waals surface area contributed by atoms with E-state index in [2.05, 4.69) is 17.2 Å². The van der Waals surface area contributed by atoms with Crippen LogP contribution in [0, 0.1) is 0 Å². The number of hydrogen-bond acceptors (Lipinski definition) is 5. The van der Waals surface area contributed by atoms with E-state index in [1.807, 2.05) is 13.2 Å². The lowest BCUT2D eigenvalue weighted by Crippen LogP contribution is -2.22. The molecule has 0 aliphatic heterocycles. The molecule has 0 fully saturated rings. The number of rotatable bonds is 6. The molecular weight excluding hydrogens is 254 g/mol. The predicted octanol–water partition coefficient (Wildman–Crippen LogP) is 2.40. The molecule has 0 aliphatic carbocycles. The second kappa shape index (κ2) is 6.56. The molecule has 1 heterocycles. The maximum Gasteiger partial charge on any atom is 0.263 e. The zero-order valence-electron chi connectivity index (χ0n) is 10.0. The van der Waals surface area contributed by atoms with Crippen molar-refractivity contribution in [2.24, 2.45) is 0 Å². The smallest absolute Gasteiger partial charge is 0.263 e. The van der Waals surface area contributed by atoms with Crippen molar-refractivity contribution in [2.75, 3.05) is 30.4 Å². The van der Waals surface area contributed by atoms with Crippen molar-refractivity contribution in [3.05, 3.63) is 17.5 Å². The van der Waals surface area contributed by atoms with Crippen molar-refractivity contribution in [2.45, 2.75) is 11.8 Å². The third-order valence-corrected chi connectivity index (χ3v) is 4.18. The predicted molar refractivity (Wildman–Crippen MR) is 77.2 cm³/mol. The van der Waals surface area contributed by atoms with E-state index in [9.17, 15) is 4.79 Å². The van der Waals surface area contributed by atoms with E-state index in [1.54, 1.807) is 6.08 Å². The van der Waals surface area contributed by atoms with Crippen LogP contribution in [0.3, 0.4) is 0 Å². The van der Waals surface area contributed by atoms with Crippen LogP contribution in [0.25, 0.3) is 0 Å². The number of nitrogens with two attached hydrogens (primary N) is 1. The SMILES string of the molecule is C=CCNc1sc(C(=O)NCC)c(N)c1SC. The number of amides is 1. The van der Waals surface area contributed by atoms with E-state index in [4.69, 9.17) is 5.73 Å². The summed E-state index contributed by atoms with van der Waals surface area (Å²) in [6, 6.07) is 0. The zero-order valence-corrected chi connectivity index (χ0v) is 11.6. The van der Waals surface area contributed by atoms with Gasteiger partial charge in [0.2, 0.25) is 0 Å². The summed E-state index contributed by atoms with van der Waals surface area (Å²) in [4.78, 5) is 13.3. The Morgan fingerprint density at radius 1 is 1.65 bits per heavy atom. The molecule has 0 unspecified atom stereocenters. The fourth-order valence-corrected chi connectivity index (χ4v) is 3.28. The number of thioether (sulfide) groups is 1. The monoisotopic (exact) mass is 271 g/mol. The van der Waals surface area contributed by atoms with Gasteiger partial charge in [-0.15, -0.1) is 29.7 Å². The quantitative estimate of drug-likeness (QED) is 0.549. The van der Waals surface area contributed by atoms with Crippen LogP contribution in [0.15, 0.2) is 17.6 Å². The largest absolute Gasteiger partial charge is 0.396 e. The van der Waals surface area contributed by atoms with Gasteiger partial charge in [-0.3, -0.25) is 4.79 Å². The lowest BCUT2D eigenvalue weighted by Gasteiger charge is -2.02. The summed E-state index contributed by atoms with van der Waals surface area (Å²) in [5, 5.41) is 6.88. The summed E-state index contributed by atoms with van der Waals surface area (Å²) in [6.45, 7) is 6.79. The molecule has 4 nitrogen and oxygen atoms in total. The summed E-state index contributed by atoms with van der Waals surface area (Å²) < 4.78 is 0. The Morgan fingerprint density at radius 3 is 2.88 bits per heavy atom. The van der Waals surface area contributed by atoms with Crippen LogP contribution >= 0.6 is 23.1 Å². The van der Waals surface area contributed by atoms with E-state index in [1.165, 1.54) is 23.1 Å². The van der Waals surface area contributed by atoms with Gasteiger partial charge in [-0.2, -0.15) is 0 Å². The summed E-state index contributed by atoms with van der Waals surface area (Å²) >= 11 is 2.92. The lowest BCUT2D eigenvalue weighted by molar-refractivity contribution is 0.0960. The molecule has 17 heavy (non-hydrogen) atoms. The molecule has 0 atom stereocenters. The van der Waals surface area contributed by atoms with Crippen LogP contribution in [0.4, 0.5) is 10.7 Å². The summed E-state index contributed by atoms with van der Waals surface area (Å²) in [5.74, 6) is -0.114. The average Bonchev–Trinajstić information content (AvgIpc) is 2.63. The molecule has 1 amide bonds. The van der Waals surface area contributed by atoms with Gasteiger partial charge in [0, 0.05) is 13.1 Å². The molecule has 4 N–H and O–H groups in total. The van der Waals surface area contributed by atoms with Crippen molar-refractivity contribution in [3.63, 3.8) is 0 Å². The highest BCUT2D eigenvalue weighted by molar-refractivity contribution is 7.99. The molecule has 0 radical (unpaired) electrons. The third-order valence-electron chi connectivity index (χ3n) is 2.05. The van der Waals surface area contributed by atoms with Crippen molar-refractivity contribution in [1.29, 1.82) is 0 Å². The first-order chi connectivity index (χ1) is 8.15. The number of nitrogen functional groups attached to an aromatic ring is 1. The number of carbonyl (C=O) groups is 1. The molecule has 0 bridgehead atoms. The highest BCUT2D eigenvalue weighted by atomic mass is 32.2. The molecular formula is C11H17N3OS2. The Kier molecular flexibility index (Phi) is 5.37. The van der Waals surface area contributed by atoms with Crippen molar-refractivity contribution >= 4 is 39.7 Å². The van der Waals surface area contributed by atoms with Gasteiger partial charge in [-0.25, -0.2) is 0 Å². The molecule has 6 heteroatoms. The molecule has 0 spiro atoms. The third kappa shape index (κ3) is 3.17. The van der Waals surface area contributed by atoms with Crippen LogP contribution in [0.5, 0.6) is 0 Å². The van der Waals surface area contributed by atoms with Gasteiger partial charge in [0.15, 0.2) is 0 Å². The van der Waals surface area contributed by atoms with Crippen molar-refractivity contribution in [3.8, 4) is 0 Å². The molecule has 1 aromatic rings. The van der Waals surface area contributed by atoms with Gasteiger partial charge in [0.05, 0.1) is 10.6 Å². The number of carbonyl (C=O) groups excluding carboxylic acids is 1. The van der Waals surface area contributed by atoms with Crippen LogP contribution < -0.4 is 16.4 Å². The second-order valence-electron chi connectivity index (χ2n) is 3.24. The minimum absolute atomic E-state index is 0.114. The minimum Gasteiger partial charge on any atom is -0.396 e. The number of anilines is 2. The van der Waals surface area contributed by atoms with Crippen molar-refractivity contribution in [1.82, 2.24) is 5.32 Å². The Hall–Kier alpha value is -1.14. The Labute approximate surface area is 110 Å². The fraction of sp³-hybridized carbons (Fsp3) is 0.364. The van der Waals surface area contributed by atoms with E-state index in [0.29, 0.717) is 23.7 Å². The van der Waals surface area contributed by atoms with Crippen LogP contribution in [0.2, 0.25) is 0 Å². The Balaban J connectivity index is 3.03. The Bertz CT molecular complexity index is 415. The van der Waals surface area contributed by atoms with Gasteiger partial charge >= 0.3 is 0 Å². The van der Waals surface area contributed by atoms with Crippen LogP contribution in [-0.2, 0) is 0 Å². The van der Waals surface area contributed by atoms with Gasteiger partial charge in [-0.1, -0.05) is 6.08 Å². The van der Waals surface area contributed by atoms with Crippen LogP contribution in [0.1, 0.15) is 16.6 Å². The molecule has 94 valence electrons. The topological polar surface area (TPSA) is 67.2 Å². The lowest BCUT2D eigenvalue weighted by atomic mass is 10.3. The maximum atomic E-state index is 11.8. The highest BCUT2D eigenvalue weighted by Crippen LogP contribution is 2.41. The van der Waals surface area contributed by atoms with Gasteiger partial charge in [0.1, 0.15) is 9.88 Å².